The lowest BCUT2D eigenvalue weighted by molar-refractivity contribution is 0.658. The van der Waals surface area contributed by atoms with Crippen LogP contribution in [0.3, 0.4) is 0 Å². The average Bonchev–Trinajstić information content (AvgIpc) is 2.91. The van der Waals surface area contributed by atoms with Gasteiger partial charge in [0.1, 0.15) is 0 Å². The van der Waals surface area contributed by atoms with E-state index in [1.54, 1.807) is 11.3 Å². The Hall–Kier alpha value is -1.72. The average molecular weight is 286 g/mol. The number of aromatic nitrogens is 3. The van der Waals surface area contributed by atoms with Crippen molar-refractivity contribution < 1.29 is 0 Å². The first-order valence-corrected chi connectivity index (χ1v) is 7.58. The largest absolute Gasteiger partial charge is 0.305 e. The highest BCUT2D eigenvalue weighted by molar-refractivity contribution is 7.15. The zero-order chi connectivity index (χ0) is 14.1. The number of thiazole rings is 1. The molecule has 1 N–H and O–H groups in total. The number of nitrogens with one attached hydrogen (secondary N) is 1. The Labute approximate surface area is 122 Å². The van der Waals surface area contributed by atoms with Crippen LogP contribution in [0.1, 0.15) is 28.5 Å². The van der Waals surface area contributed by atoms with Gasteiger partial charge < -0.3 is 5.32 Å². The third kappa shape index (κ3) is 2.46. The van der Waals surface area contributed by atoms with Crippen molar-refractivity contribution >= 4 is 16.3 Å². The molecule has 3 heterocycles. The quantitative estimate of drug-likeness (QED) is 0.801. The minimum atomic E-state index is 0.775. The summed E-state index contributed by atoms with van der Waals surface area (Å²) in [5, 5.41) is 5.61. The molecular formula is C15H18N4S. The van der Waals surface area contributed by atoms with Crippen molar-refractivity contribution in [2.24, 2.45) is 0 Å². The van der Waals surface area contributed by atoms with E-state index in [1.807, 2.05) is 19.1 Å². The standard InChI is InChI=1S/C15H18N4S/c1-10-5-4-6-13(17-10)7-16-8-14-12(3)18-15-19(14)11(2)9-20-15/h4-6,9,16H,7-8H2,1-3H3. The van der Waals surface area contributed by atoms with Crippen molar-refractivity contribution in [3.8, 4) is 0 Å². The fourth-order valence-electron chi connectivity index (χ4n) is 2.38. The third-order valence-corrected chi connectivity index (χ3v) is 4.32. The molecule has 0 aliphatic heterocycles. The predicted octanol–water partition coefficient (Wildman–Crippen LogP) is 3.01. The molecule has 0 aliphatic carbocycles. The Balaban J connectivity index is 1.74. The highest BCUT2D eigenvalue weighted by atomic mass is 32.1. The first kappa shape index (κ1) is 13.3. The molecule has 3 aromatic heterocycles. The molecule has 4 nitrogen and oxygen atoms in total. The van der Waals surface area contributed by atoms with Gasteiger partial charge in [0.15, 0.2) is 4.96 Å². The molecule has 0 aliphatic rings. The van der Waals surface area contributed by atoms with Crippen LogP contribution in [-0.4, -0.2) is 14.4 Å². The molecule has 0 fully saturated rings. The monoisotopic (exact) mass is 286 g/mol. The number of nitrogens with zero attached hydrogens (tertiary/aromatic N) is 3. The number of fused-ring (bicyclic) bond motifs is 1. The Morgan fingerprint density at radius 2 is 2.00 bits per heavy atom. The van der Waals surface area contributed by atoms with Crippen LogP contribution < -0.4 is 5.32 Å². The number of pyridine rings is 1. The second kappa shape index (κ2) is 5.34. The van der Waals surface area contributed by atoms with Crippen LogP contribution in [0, 0.1) is 20.8 Å². The summed E-state index contributed by atoms with van der Waals surface area (Å²) in [7, 11) is 0. The maximum absolute atomic E-state index is 4.60. The molecule has 5 heteroatoms. The smallest absolute Gasteiger partial charge is 0.194 e. The Morgan fingerprint density at radius 3 is 2.80 bits per heavy atom. The fourth-order valence-corrected chi connectivity index (χ4v) is 3.31. The first-order valence-electron chi connectivity index (χ1n) is 6.70. The van der Waals surface area contributed by atoms with Gasteiger partial charge in [-0.3, -0.25) is 9.38 Å². The lowest BCUT2D eigenvalue weighted by Gasteiger charge is -2.06. The van der Waals surface area contributed by atoms with Crippen LogP contribution in [0.2, 0.25) is 0 Å². The van der Waals surface area contributed by atoms with Crippen LogP contribution in [-0.2, 0) is 13.1 Å². The Bertz CT molecular complexity index is 741. The number of imidazole rings is 1. The molecule has 0 amide bonds. The van der Waals surface area contributed by atoms with E-state index in [4.69, 9.17) is 0 Å². The molecule has 0 bridgehead atoms. The van der Waals surface area contributed by atoms with Gasteiger partial charge in [0.2, 0.25) is 0 Å². The minimum Gasteiger partial charge on any atom is -0.305 e. The van der Waals surface area contributed by atoms with Gasteiger partial charge in [0.05, 0.1) is 17.1 Å². The maximum atomic E-state index is 4.60. The Morgan fingerprint density at radius 1 is 1.15 bits per heavy atom. The highest BCUT2D eigenvalue weighted by Crippen LogP contribution is 2.20. The van der Waals surface area contributed by atoms with Gasteiger partial charge in [-0.2, -0.15) is 0 Å². The lowest BCUT2D eigenvalue weighted by Crippen LogP contribution is -2.16. The molecule has 0 unspecified atom stereocenters. The summed E-state index contributed by atoms with van der Waals surface area (Å²) >= 11 is 1.69. The van der Waals surface area contributed by atoms with Crippen molar-refractivity contribution in [1.29, 1.82) is 0 Å². The topological polar surface area (TPSA) is 42.2 Å². The number of rotatable bonds is 4. The number of aryl methyl sites for hydroxylation is 3. The van der Waals surface area contributed by atoms with Crippen LogP contribution >= 0.6 is 11.3 Å². The summed E-state index contributed by atoms with van der Waals surface area (Å²) in [5.41, 5.74) is 5.72. The molecule has 0 aromatic carbocycles. The van der Waals surface area contributed by atoms with Gasteiger partial charge in [-0.05, 0) is 32.9 Å². The van der Waals surface area contributed by atoms with E-state index in [9.17, 15) is 0 Å². The van der Waals surface area contributed by atoms with E-state index in [0.717, 1.165) is 35.1 Å². The predicted molar refractivity (Wildman–Crippen MR) is 82.1 cm³/mol. The Kier molecular flexibility index (Phi) is 3.54. The van der Waals surface area contributed by atoms with Crippen LogP contribution in [0.5, 0.6) is 0 Å². The summed E-state index contributed by atoms with van der Waals surface area (Å²) in [6, 6.07) is 6.11. The molecule has 104 valence electrons. The van der Waals surface area contributed by atoms with E-state index in [0.29, 0.717) is 0 Å². The third-order valence-electron chi connectivity index (χ3n) is 3.37. The van der Waals surface area contributed by atoms with E-state index >= 15 is 0 Å². The fraction of sp³-hybridized carbons (Fsp3) is 0.333. The van der Waals surface area contributed by atoms with Crippen LogP contribution in [0.15, 0.2) is 23.6 Å². The molecule has 0 atom stereocenters. The van der Waals surface area contributed by atoms with E-state index in [1.165, 1.54) is 11.4 Å². The lowest BCUT2D eigenvalue weighted by atomic mass is 10.3. The summed E-state index contributed by atoms with van der Waals surface area (Å²) < 4.78 is 2.23. The van der Waals surface area contributed by atoms with Gasteiger partial charge in [-0.1, -0.05) is 6.07 Å². The SMILES string of the molecule is Cc1cccc(CNCc2c(C)nc3scc(C)n23)n1. The maximum Gasteiger partial charge on any atom is 0.194 e. The summed E-state index contributed by atoms with van der Waals surface area (Å²) in [6.45, 7) is 7.79. The second-order valence-electron chi connectivity index (χ2n) is 5.01. The molecule has 0 spiro atoms. The van der Waals surface area contributed by atoms with Gasteiger partial charge >= 0.3 is 0 Å². The van der Waals surface area contributed by atoms with Gasteiger partial charge in [0.25, 0.3) is 0 Å². The zero-order valence-corrected chi connectivity index (χ0v) is 12.8. The van der Waals surface area contributed by atoms with Crippen molar-refractivity contribution in [2.75, 3.05) is 0 Å². The molecular weight excluding hydrogens is 268 g/mol. The number of hydrogen-bond acceptors (Lipinski definition) is 4. The highest BCUT2D eigenvalue weighted by Gasteiger charge is 2.11. The summed E-state index contributed by atoms with van der Waals surface area (Å²) in [6.07, 6.45) is 0. The molecule has 0 saturated carbocycles. The minimum absolute atomic E-state index is 0.775. The van der Waals surface area contributed by atoms with Crippen LogP contribution in [0.25, 0.3) is 4.96 Å². The van der Waals surface area contributed by atoms with Crippen molar-refractivity contribution in [3.05, 3.63) is 52.0 Å². The summed E-state index contributed by atoms with van der Waals surface area (Å²) in [5.74, 6) is 0. The van der Waals surface area contributed by atoms with E-state index < -0.39 is 0 Å². The van der Waals surface area contributed by atoms with Crippen molar-refractivity contribution in [3.63, 3.8) is 0 Å². The molecule has 0 radical (unpaired) electrons. The molecule has 3 rings (SSSR count). The van der Waals surface area contributed by atoms with Gasteiger partial charge in [-0.25, -0.2) is 4.98 Å². The second-order valence-corrected chi connectivity index (χ2v) is 5.85. The van der Waals surface area contributed by atoms with E-state index in [2.05, 4.69) is 45.0 Å². The van der Waals surface area contributed by atoms with Crippen LogP contribution in [0.4, 0.5) is 0 Å². The van der Waals surface area contributed by atoms with Crippen molar-refractivity contribution in [1.82, 2.24) is 19.7 Å². The summed E-state index contributed by atoms with van der Waals surface area (Å²) in [4.78, 5) is 10.2. The van der Waals surface area contributed by atoms with E-state index in [-0.39, 0.29) is 0 Å². The first-order chi connectivity index (χ1) is 9.65. The van der Waals surface area contributed by atoms with Gasteiger partial charge in [0, 0.05) is 29.9 Å². The zero-order valence-electron chi connectivity index (χ0n) is 12.0. The molecule has 3 aromatic rings. The van der Waals surface area contributed by atoms with Gasteiger partial charge in [-0.15, -0.1) is 11.3 Å². The number of hydrogen-bond donors (Lipinski definition) is 1. The van der Waals surface area contributed by atoms with Crippen molar-refractivity contribution in [2.45, 2.75) is 33.9 Å². The molecule has 0 saturated heterocycles. The normalized spacial score (nSPS) is 11.3. The molecule has 20 heavy (non-hydrogen) atoms.